The number of rotatable bonds is 6. The Morgan fingerprint density at radius 2 is 2.20 bits per heavy atom. The summed E-state index contributed by atoms with van der Waals surface area (Å²) in [4.78, 5) is 5.39. The predicted octanol–water partition coefficient (Wildman–Crippen LogP) is 0.711. The van der Waals surface area contributed by atoms with Crippen molar-refractivity contribution in [2.75, 3.05) is 19.6 Å². The summed E-state index contributed by atoms with van der Waals surface area (Å²) in [6.45, 7) is 4.07. The first-order chi connectivity index (χ1) is 9.55. The van der Waals surface area contributed by atoms with Crippen LogP contribution in [-0.2, 0) is 23.2 Å². The van der Waals surface area contributed by atoms with Gasteiger partial charge in [0, 0.05) is 24.2 Å². The van der Waals surface area contributed by atoms with Crippen LogP contribution in [0.4, 0.5) is 0 Å². The summed E-state index contributed by atoms with van der Waals surface area (Å²) in [5.41, 5.74) is 5.62. The molecule has 1 aliphatic rings. The summed E-state index contributed by atoms with van der Waals surface area (Å²) in [7, 11) is -3.40. The van der Waals surface area contributed by atoms with E-state index >= 15 is 0 Å². The maximum Gasteiger partial charge on any atom is 0.279 e. The fraction of sp³-hybridized carbons (Fsp3) is 0.750. The molecular formula is C12H22N4O2S2. The van der Waals surface area contributed by atoms with Gasteiger partial charge in [-0.05, 0) is 31.7 Å². The second kappa shape index (κ2) is 6.95. The molecule has 2 rings (SSSR count). The molecule has 1 saturated heterocycles. The molecule has 114 valence electrons. The molecule has 0 radical (unpaired) electrons. The van der Waals surface area contributed by atoms with Crippen LogP contribution in [0.3, 0.4) is 0 Å². The standard InChI is InChI=1S/C12H22N4O2S2/c1-2-11-8-14-12(19-11)9-15-20(17,18)16-5-3-10(7-13)4-6-16/h8,10,15H,2-7,9,13H2,1H3. The Labute approximate surface area is 124 Å². The van der Waals surface area contributed by atoms with Gasteiger partial charge in [0.2, 0.25) is 0 Å². The molecule has 20 heavy (non-hydrogen) atoms. The van der Waals surface area contributed by atoms with E-state index in [1.807, 2.05) is 0 Å². The van der Waals surface area contributed by atoms with Crippen LogP contribution in [0.15, 0.2) is 6.20 Å². The fourth-order valence-corrected chi connectivity index (χ4v) is 4.31. The van der Waals surface area contributed by atoms with Crippen molar-refractivity contribution in [2.45, 2.75) is 32.7 Å². The maximum atomic E-state index is 12.2. The average molecular weight is 318 g/mol. The van der Waals surface area contributed by atoms with Crippen molar-refractivity contribution in [3.05, 3.63) is 16.1 Å². The Balaban J connectivity index is 1.88. The van der Waals surface area contributed by atoms with E-state index in [1.165, 1.54) is 9.18 Å². The highest BCUT2D eigenvalue weighted by Crippen LogP contribution is 2.18. The number of nitrogens with one attached hydrogen (secondary N) is 1. The number of thiazole rings is 1. The molecule has 1 aromatic heterocycles. The topological polar surface area (TPSA) is 88.3 Å². The summed E-state index contributed by atoms with van der Waals surface area (Å²) in [5.74, 6) is 0.451. The van der Waals surface area contributed by atoms with Crippen molar-refractivity contribution in [1.29, 1.82) is 0 Å². The lowest BCUT2D eigenvalue weighted by Gasteiger charge is -2.30. The zero-order valence-corrected chi connectivity index (χ0v) is 13.3. The second-order valence-corrected chi connectivity index (χ2v) is 7.93. The molecule has 0 bridgehead atoms. The number of nitrogens with two attached hydrogens (primary N) is 1. The predicted molar refractivity (Wildman–Crippen MR) is 80.6 cm³/mol. The highest BCUT2D eigenvalue weighted by atomic mass is 32.2. The molecule has 6 nitrogen and oxygen atoms in total. The number of nitrogens with zero attached hydrogens (tertiary/aromatic N) is 2. The van der Waals surface area contributed by atoms with Gasteiger partial charge in [-0.2, -0.15) is 17.4 Å². The number of hydrogen-bond acceptors (Lipinski definition) is 5. The van der Waals surface area contributed by atoms with Gasteiger partial charge in [-0.25, -0.2) is 4.98 Å². The third-order valence-corrected chi connectivity index (χ3v) is 6.30. The molecule has 0 aromatic carbocycles. The minimum Gasteiger partial charge on any atom is -0.330 e. The van der Waals surface area contributed by atoms with Gasteiger partial charge in [0.25, 0.3) is 10.2 Å². The zero-order valence-electron chi connectivity index (χ0n) is 11.7. The zero-order chi connectivity index (χ0) is 14.6. The summed E-state index contributed by atoms with van der Waals surface area (Å²) in [6, 6.07) is 0. The lowest BCUT2D eigenvalue weighted by atomic mass is 9.99. The summed E-state index contributed by atoms with van der Waals surface area (Å²) in [5, 5.41) is 0.808. The molecule has 8 heteroatoms. The molecule has 0 amide bonds. The Morgan fingerprint density at radius 1 is 1.50 bits per heavy atom. The van der Waals surface area contributed by atoms with Crippen molar-refractivity contribution in [3.63, 3.8) is 0 Å². The monoisotopic (exact) mass is 318 g/mol. The van der Waals surface area contributed by atoms with Gasteiger partial charge in [0.15, 0.2) is 0 Å². The fourth-order valence-electron chi connectivity index (χ4n) is 2.22. The van der Waals surface area contributed by atoms with Gasteiger partial charge >= 0.3 is 0 Å². The van der Waals surface area contributed by atoms with Gasteiger partial charge in [-0.1, -0.05) is 6.92 Å². The molecule has 0 spiro atoms. The lowest BCUT2D eigenvalue weighted by Crippen LogP contribution is -2.45. The van der Waals surface area contributed by atoms with E-state index in [9.17, 15) is 8.42 Å². The minimum absolute atomic E-state index is 0.268. The van der Waals surface area contributed by atoms with Gasteiger partial charge in [0.05, 0.1) is 6.54 Å². The van der Waals surface area contributed by atoms with Crippen molar-refractivity contribution in [2.24, 2.45) is 11.7 Å². The van der Waals surface area contributed by atoms with Crippen LogP contribution in [0.25, 0.3) is 0 Å². The molecule has 0 atom stereocenters. The Kier molecular flexibility index (Phi) is 5.50. The van der Waals surface area contributed by atoms with Crippen molar-refractivity contribution < 1.29 is 8.42 Å². The first kappa shape index (κ1) is 15.8. The molecule has 1 aromatic rings. The van der Waals surface area contributed by atoms with Crippen LogP contribution >= 0.6 is 11.3 Å². The molecule has 1 aliphatic heterocycles. The summed E-state index contributed by atoms with van der Waals surface area (Å²) >= 11 is 1.55. The van der Waals surface area contributed by atoms with Gasteiger partial charge in [0.1, 0.15) is 5.01 Å². The van der Waals surface area contributed by atoms with Crippen LogP contribution in [-0.4, -0.2) is 37.3 Å². The minimum atomic E-state index is -3.40. The number of hydrogen-bond donors (Lipinski definition) is 2. The number of piperidine rings is 1. The third-order valence-electron chi connectivity index (χ3n) is 3.60. The average Bonchev–Trinajstić information content (AvgIpc) is 2.93. The SMILES string of the molecule is CCc1cnc(CNS(=O)(=O)N2CCC(CN)CC2)s1. The first-order valence-corrected chi connectivity index (χ1v) is 9.19. The molecule has 3 N–H and O–H groups in total. The van der Waals surface area contributed by atoms with E-state index < -0.39 is 10.2 Å². The van der Waals surface area contributed by atoms with Gasteiger partial charge in [-0.15, -0.1) is 11.3 Å². The van der Waals surface area contributed by atoms with Crippen molar-refractivity contribution >= 4 is 21.5 Å². The molecule has 2 heterocycles. The van der Waals surface area contributed by atoms with E-state index in [1.54, 1.807) is 17.5 Å². The van der Waals surface area contributed by atoms with Crippen molar-refractivity contribution in [3.8, 4) is 0 Å². The maximum absolute atomic E-state index is 12.2. The highest BCUT2D eigenvalue weighted by Gasteiger charge is 2.27. The number of aryl methyl sites for hydroxylation is 1. The van der Waals surface area contributed by atoms with Gasteiger partial charge in [-0.3, -0.25) is 0 Å². The van der Waals surface area contributed by atoms with E-state index in [4.69, 9.17) is 5.73 Å². The lowest BCUT2D eigenvalue weighted by molar-refractivity contribution is 0.275. The van der Waals surface area contributed by atoms with Crippen LogP contribution in [0, 0.1) is 5.92 Å². The largest absolute Gasteiger partial charge is 0.330 e. The number of aromatic nitrogens is 1. The van der Waals surface area contributed by atoms with E-state index in [-0.39, 0.29) is 6.54 Å². The Bertz CT molecular complexity index is 521. The second-order valence-electron chi connectivity index (χ2n) is 4.98. The summed E-state index contributed by atoms with van der Waals surface area (Å²) < 4.78 is 28.5. The quantitative estimate of drug-likeness (QED) is 0.808. The highest BCUT2D eigenvalue weighted by molar-refractivity contribution is 7.87. The van der Waals surface area contributed by atoms with Gasteiger partial charge < -0.3 is 5.73 Å². The summed E-state index contributed by atoms with van der Waals surface area (Å²) in [6.07, 6.45) is 4.42. The van der Waals surface area contributed by atoms with E-state index in [0.29, 0.717) is 25.6 Å². The first-order valence-electron chi connectivity index (χ1n) is 6.93. The normalized spacial score (nSPS) is 18.5. The molecule has 0 aliphatic carbocycles. The molecule has 0 unspecified atom stereocenters. The van der Waals surface area contributed by atoms with Crippen LogP contribution in [0.2, 0.25) is 0 Å². The molecule has 0 saturated carbocycles. The Hall–Kier alpha value is -0.540. The third kappa shape index (κ3) is 3.98. The van der Waals surface area contributed by atoms with Crippen LogP contribution in [0.1, 0.15) is 29.7 Å². The van der Waals surface area contributed by atoms with E-state index in [2.05, 4.69) is 16.6 Å². The van der Waals surface area contributed by atoms with Crippen LogP contribution in [0.5, 0.6) is 0 Å². The molecular weight excluding hydrogens is 296 g/mol. The molecule has 1 fully saturated rings. The Morgan fingerprint density at radius 3 is 2.75 bits per heavy atom. The smallest absolute Gasteiger partial charge is 0.279 e. The van der Waals surface area contributed by atoms with Crippen molar-refractivity contribution in [1.82, 2.24) is 14.0 Å². The van der Waals surface area contributed by atoms with E-state index in [0.717, 1.165) is 24.3 Å². The van der Waals surface area contributed by atoms with Crippen LogP contribution < -0.4 is 10.5 Å².